The van der Waals surface area contributed by atoms with Crippen molar-refractivity contribution in [3.63, 3.8) is 0 Å². The average molecular weight is 248 g/mol. The number of hydrogen-bond donors (Lipinski definition) is 2. The van der Waals surface area contributed by atoms with Crippen LogP contribution in [0, 0.1) is 0 Å². The highest BCUT2D eigenvalue weighted by atomic mass is 79.9. The predicted octanol–water partition coefficient (Wildman–Crippen LogP) is 0.310. The van der Waals surface area contributed by atoms with Gasteiger partial charge in [0.1, 0.15) is 4.60 Å². The molecule has 0 aliphatic heterocycles. The summed E-state index contributed by atoms with van der Waals surface area (Å²) in [6.07, 6.45) is 1.51. The number of carboxylic acid groups (broad SMARTS) is 1. The van der Waals surface area contributed by atoms with Gasteiger partial charge in [0.05, 0.1) is 12.1 Å². The summed E-state index contributed by atoms with van der Waals surface area (Å²) in [7, 11) is 1.73. The van der Waals surface area contributed by atoms with Gasteiger partial charge >= 0.3 is 5.97 Å². The van der Waals surface area contributed by atoms with E-state index in [1.165, 1.54) is 6.20 Å². The lowest BCUT2D eigenvalue weighted by Crippen LogP contribution is -2.21. The molecule has 5 nitrogen and oxygen atoms in total. The summed E-state index contributed by atoms with van der Waals surface area (Å²) >= 11 is 3.24. The second kappa shape index (κ2) is 3.89. The van der Waals surface area contributed by atoms with Gasteiger partial charge in [0.15, 0.2) is 0 Å². The predicted molar refractivity (Wildman–Crippen MR) is 50.3 cm³/mol. The molecule has 0 spiro atoms. The number of nitrogens with zero attached hydrogens (tertiary/aromatic N) is 2. The topological polar surface area (TPSA) is 81.1 Å². The van der Waals surface area contributed by atoms with E-state index in [4.69, 9.17) is 10.8 Å². The molecule has 72 valence electrons. The first-order valence-corrected chi connectivity index (χ1v) is 4.47. The molecule has 6 heteroatoms. The minimum atomic E-state index is -0.934. The van der Waals surface area contributed by atoms with Crippen LogP contribution in [0.15, 0.2) is 10.8 Å². The van der Waals surface area contributed by atoms with E-state index in [2.05, 4.69) is 21.0 Å². The van der Waals surface area contributed by atoms with Crippen molar-refractivity contribution in [3.05, 3.63) is 16.4 Å². The summed E-state index contributed by atoms with van der Waals surface area (Å²) < 4.78 is 2.21. The Morgan fingerprint density at radius 1 is 1.92 bits per heavy atom. The maximum atomic E-state index is 10.8. The lowest BCUT2D eigenvalue weighted by atomic mass is 10.0. The number of hydrogen-bond acceptors (Lipinski definition) is 3. The Kier molecular flexibility index (Phi) is 3.05. The van der Waals surface area contributed by atoms with Crippen molar-refractivity contribution in [2.75, 3.05) is 6.54 Å². The molecule has 0 radical (unpaired) electrons. The third-order valence-corrected chi connectivity index (χ3v) is 2.77. The molecular formula is C7H10BrN3O2. The molecule has 1 aromatic heterocycles. The van der Waals surface area contributed by atoms with Gasteiger partial charge in [-0.15, -0.1) is 0 Å². The Labute approximate surface area is 83.7 Å². The van der Waals surface area contributed by atoms with Crippen LogP contribution in [0.1, 0.15) is 11.5 Å². The third-order valence-electron chi connectivity index (χ3n) is 1.80. The van der Waals surface area contributed by atoms with Crippen molar-refractivity contribution < 1.29 is 9.90 Å². The Balaban J connectivity index is 3.05. The van der Waals surface area contributed by atoms with Gasteiger partial charge in [0.25, 0.3) is 0 Å². The van der Waals surface area contributed by atoms with Gasteiger partial charge in [-0.1, -0.05) is 0 Å². The van der Waals surface area contributed by atoms with E-state index in [1.54, 1.807) is 11.7 Å². The van der Waals surface area contributed by atoms with Crippen LogP contribution in [0.3, 0.4) is 0 Å². The van der Waals surface area contributed by atoms with Crippen LogP contribution in [0.2, 0.25) is 0 Å². The minimum absolute atomic E-state index is 0.0691. The van der Waals surface area contributed by atoms with E-state index in [9.17, 15) is 4.79 Å². The van der Waals surface area contributed by atoms with Crippen LogP contribution in [0.5, 0.6) is 0 Å². The zero-order valence-electron chi connectivity index (χ0n) is 7.07. The molecule has 0 amide bonds. The Bertz CT molecular complexity index is 324. The van der Waals surface area contributed by atoms with Crippen LogP contribution < -0.4 is 5.73 Å². The summed E-state index contributed by atoms with van der Waals surface area (Å²) in [4.78, 5) is 10.8. The lowest BCUT2D eigenvalue weighted by molar-refractivity contribution is -0.138. The highest BCUT2D eigenvalue weighted by Gasteiger charge is 2.22. The summed E-state index contributed by atoms with van der Waals surface area (Å²) in [5.74, 6) is -1.63. The van der Waals surface area contributed by atoms with E-state index in [0.29, 0.717) is 10.2 Å². The molecule has 0 aliphatic carbocycles. The number of carboxylic acids is 1. The van der Waals surface area contributed by atoms with Gasteiger partial charge in [-0.3, -0.25) is 9.48 Å². The van der Waals surface area contributed by atoms with Gasteiger partial charge in [-0.05, 0) is 15.9 Å². The Hall–Kier alpha value is -0.880. The number of aromatic nitrogens is 2. The standard InChI is InChI=1S/C7H10BrN3O2/c1-11-6(8)5(3-10-11)4(2-9)7(12)13/h3-4H,2,9H2,1H3,(H,12,13). The van der Waals surface area contributed by atoms with Gasteiger partial charge < -0.3 is 10.8 Å². The molecule has 0 aliphatic rings. The summed E-state index contributed by atoms with van der Waals surface area (Å²) in [6.45, 7) is 0.0691. The van der Waals surface area contributed by atoms with Crippen molar-refractivity contribution in [3.8, 4) is 0 Å². The molecule has 13 heavy (non-hydrogen) atoms. The molecule has 0 saturated heterocycles. The summed E-state index contributed by atoms with van der Waals surface area (Å²) in [6, 6.07) is 0. The van der Waals surface area contributed by atoms with Crippen LogP contribution >= 0.6 is 15.9 Å². The first-order valence-electron chi connectivity index (χ1n) is 3.68. The molecule has 3 N–H and O–H groups in total. The smallest absolute Gasteiger partial charge is 0.312 e. The van der Waals surface area contributed by atoms with E-state index >= 15 is 0 Å². The second-order valence-electron chi connectivity index (χ2n) is 2.64. The number of nitrogens with two attached hydrogens (primary N) is 1. The van der Waals surface area contributed by atoms with E-state index in [1.807, 2.05) is 0 Å². The van der Waals surface area contributed by atoms with Gasteiger partial charge in [0.2, 0.25) is 0 Å². The maximum Gasteiger partial charge on any atom is 0.312 e. The third kappa shape index (κ3) is 1.89. The first kappa shape index (κ1) is 10.2. The van der Waals surface area contributed by atoms with Crippen molar-refractivity contribution in [1.29, 1.82) is 0 Å². The van der Waals surface area contributed by atoms with Gasteiger partial charge in [0, 0.05) is 19.2 Å². The zero-order chi connectivity index (χ0) is 10.0. The normalized spacial score (nSPS) is 12.8. The van der Waals surface area contributed by atoms with Crippen molar-refractivity contribution in [2.45, 2.75) is 5.92 Å². The fraction of sp³-hybridized carbons (Fsp3) is 0.429. The molecule has 1 rings (SSSR count). The monoisotopic (exact) mass is 247 g/mol. The molecule has 1 aromatic rings. The molecule has 1 atom stereocenters. The average Bonchev–Trinajstić information content (AvgIpc) is 2.37. The van der Waals surface area contributed by atoms with Crippen LogP contribution in [0.25, 0.3) is 0 Å². The molecule has 0 bridgehead atoms. The fourth-order valence-corrected chi connectivity index (χ4v) is 1.50. The second-order valence-corrected chi connectivity index (χ2v) is 3.39. The van der Waals surface area contributed by atoms with E-state index in [-0.39, 0.29) is 6.54 Å². The quantitative estimate of drug-likeness (QED) is 0.806. The maximum absolute atomic E-state index is 10.8. The number of rotatable bonds is 3. The largest absolute Gasteiger partial charge is 0.481 e. The van der Waals surface area contributed by atoms with Gasteiger partial charge in [-0.25, -0.2) is 0 Å². The lowest BCUT2D eigenvalue weighted by Gasteiger charge is -2.07. The number of halogens is 1. The highest BCUT2D eigenvalue weighted by molar-refractivity contribution is 9.10. The molecule has 0 saturated carbocycles. The van der Waals surface area contributed by atoms with Gasteiger partial charge in [-0.2, -0.15) is 5.10 Å². The molecule has 0 aromatic carbocycles. The highest BCUT2D eigenvalue weighted by Crippen LogP contribution is 2.23. The van der Waals surface area contributed by atoms with Crippen molar-refractivity contribution in [1.82, 2.24) is 9.78 Å². The summed E-state index contributed by atoms with van der Waals surface area (Å²) in [5.41, 5.74) is 5.95. The van der Waals surface area contributed by atoms with Crippen molar-refractivity contribution >= 4 is 21.9 Å². The molecule has 0 fully saturated rings. The summed E-state index contributed by atoms with van der Waals surface area (Å²) in [5, 5.41) is 12.7. The number of aliphatic carboxylic acids is 1. The molecule has 1 heterocycles. The zero-order valence-corrected chi connectivity index (χ0v) is 8.65. The SMILES string of the molecule is Cn1ncc(C(CN)C(=O)O)c1Br. The Morgan fingerprint density at radius 2 is 2.54 bits per heavy atom. The first-order chi connectivity index (χ1) is 6.07. The van der Waals surface area contributed by atoms with Crippen LogP contribution in [-0.2, 0) is 11.8 Å². The number of aryl methyl sites for hydroxylation is 1. The Morgan fingerprint density at radius 3 is 2.85 bits per heavy atom. The van der Waals surface area contributed by atoms with Crippen LogP contribution in [-0.4, -0.2) is 27.4 Å². The van der Waals surface area contributed by atoms with Crippen LogP contribution in [0.4, 0.5) is 0 Å². The number of carbonyl (C=O) groups is 1. The van der Waals surface area contributed by atoms with Crippen molar-refractivity contribution in [2.24, 2.45) is 12.8 Å². The molecule has 1 unspecified atom stereocenters. The van der Waals surface area contributed by atoms with E-state index in [0.717, 1.165) is 0 Å². The molecular weight excluding hydrogens is 238 g/mol. The minimum Gasteiger partial charge on any atom is -0.481 e. The fourth-order valence-electron chi connectivity index (χ4n) is 1.03. The van der Waals surface area contributed by atoms with E-state index < -0.39 is 11.9 Å².